The quantitative estimate of drug-likeness (QED) is 0.835. The van der Waals surface area contributed by atoms with Crippen molar-refractivity contribution in [2.24, 2.45) is 0 Å². The van der Waals surface area contributed by atoms with E-state index >= 15 is 0 Å². The van der Waals surface area contributed by atoms with Crippen LogP contribution in [0.4, 0.5) is 4.39 Å². The Balaban J connectivity index is 2.40. The second-order valence-corrected chi connectivity index (χ2v) is 4.82. The van der Waals surface area contributed by atoms with Gasteiger partial charge in [-0.2, -0.15) is 5.26 Å². The molecule has 2 rings (SSSR count). The fourth-order valence-corrected chi connectivity index (χ4v) is 2.42. The van der Waals surface area contributed by atoms with E-state index in [1.807, 2.05) is 6.92 Å². The van der Waals surface area contributed by atoms with Crippen LogP contribution in [0.15, 0.2) is 42.9 Å². The topological polar surface area (TPSA) is 49.6 Å². The molecular weight excluding hydrogens is 253 g/mol. The molecule has 4 heteroatoms. The van der Waals surface area contributed by atoms with E-state index in [1.54, 1.807) is 30.7 Å². The summed E-state index contributed by atoms with van der Waals surface area (Å²) in [6.45, 7) is 2.03. The van der Waals surface area contributed by atoms with E-state index in [1.165, 1.54) is 12.1 Å². The maximum Gasteiger partial charge on any atom is 0.123 e. The van der Waals surface area contributed by atoms with Gasteiger partial charge in [-0.25, -0.2) is 4.39 Å². The van der Waals surface area contributed by atoms with E-state index in [-0.39, 0.29) is 5.82 Å². The molecule has 1 aromatic carbocycles. The van der Waals surface area contributed by atoms with E-state index in [9.17, 15) is 9.65 Å². The maximum absolute atomic E-state index is 13.1. The molecule has 1 heterocycles. The molecule has 0 N–H and O–H groups in total. The van der Waals surface area contributed by atoms with Crippen molar-refractivity contribution >= 4 is 0 Å². The molecule has 0 radical (unpaired) electrons. The summed E-state index contributed by atoms with van der Waals surface area (Å²) >= 11 is 0. The normalized spacial score (nSPS) is 13.4. The summed E-state index contributed by atoms with van der Waals surface area (Å²) < 4.78 is 13.1. The molecule has 0 aliphatic rings. The van der Waals surface area contributed by atoms with E-state index in [2.05, 4.69) is 16.0 Å². The molecule has 1 aromatic heterocycles. The minimum absolute atomic E-state index is 0.295. The average molecular weight is 269 g/mol. The standard InChI is InChI=1S/C16H16FN3/c1-2-7-16(12-18,10-15-11-19-8-9-20-15)13-3-5-14(17)6-4-13/h3-6,8-9,11H,2,7,10H2,1H3. The Morgan fingerprint density at radius 2 is 2.00 bits per heavy atom. The highest BCUT2D eigenvalue weighted by Crippen LogP contribution is 2.32. The molecular formula is C16H16FN3. The highest BCUT2D eigenvalue weighted by molar-refractivity contribution is 5.34. The zero-order chi connectivity index (χ0) is 14.4. The van der Waals surface area contributed by atoms with Crippen molar-refractivity contribution in [3.8, 4) is 6.07 Å². The van der Waals surface area contributed by atoms with Crippen LogP contribution in [0.3, 0.4) is 0 Å². The van der Waals surface area contributed by atoms with Crippen LogP contribution in [-0.4, -0.2) is 9.97 Å². The molecule has 1 unspecified atom stereocenters. The molecule has 1 atom stereocenters. The molecule has 0 bridgehead atoms. The summed E-state index contributed by atoms with van der Waals surface area (Å²) in [7, 11) is 0. The maximum atomic E-state index is 13.1. The summed E-state index contributed by atoms with van der Waals surface area (Å²) in [5.74, 6) is -0.295. The monoisotopic (exact) mass is 269 g/mol. The molecule has 0 spiro atoms. The molecule has 20 heavy (non-hydrogen) atoms. The van der Waals surface area contributed by atoms with Crippen molar-refractivity contribution in [1.29, 1.82) is 5.26 Å². The first kappa shape index (κ1) is 14.1. The lowest BCUT2D eigenvalue weighted by Gasteiger charge is -2.26. The summed E-state index contributed by atoms with van der Waals surface area (Å²) in [4.78, 5) is 8.29. The summed E-state index contributed by atoms with van der Waals surface area (Å²) in [6.07, 6.45) is 6.95. The molecule has 0 aliphatic heterocycles. The number of nitriles is 1. The zero-order valence-corrected chi connectivity index (χ0v) is 11.4. The second kappa shape index (κ2) is 6.25. The van der Waals surface area contributed by atoms with Crippen molar-refractivity contribution in [3.05, 3.63) is 59.9 Å². The lowest BCUT2D eigenvalue weighted by Crippen LogP contribution is -2.27. The first-order valence-corrected chi connectivity index (χ1v) is 6.62. The van der Waals surface area contributed by atoms with Crippen molar-refractivity contribution < 1.29 is 4.39 Å². The van der Waals surface area contributed by atoms with Crippen LogP contribution in [0.2, 0.25) is 0 Å². The van der Waals surface area contributed by atoms with Gasteiger partial charge in [-0.05, 0) is 24.1 Å². The molecule has 0 saturated carbocycles. The molecule has 0 saturated heterocycles. The number of hydrogen-bond acceptors (Lipinski definition) is 3. The van der Waals surface area contributed by atoms with Gasteiger partial charge in [0.1, 0.15) is 5.82 Å². The highest BCUT2D eigenvalue weighted by atomic mass is 19.1. The third-order valence-corrected chi connectivity index (χ3v) is 3.39. The predicted molar refractivity (Wildman–Crippen MR) is 74.3 cm³/mol. The van der Waals surface area contributed by atoms with Gasteiger partial charge < -0.3 is 0 Å². The first-order chi connectivity index (χ1) is 9.70. The SMILES string of the molecule is CCCC(C#N)(Cc1cnccn1)c1ccc(F)cc1. The predicted octanol–water partition coefficient (Wildman–Crippen LogP) is 3.42. The Morgan fingerprint density at radius 3 is 2.55 bits per heavy atom. The van der Waals surface area contributed by atoms with Crippen molar-refractivity contribution in [2.75, 3.05) is 0 Å². The number of aromatic nitrogens is 2. The van der Waals surface area contributed by atoms with Gasteiger partial charge in [0.25, 0.3) is 0 Å². The van der Waals surface area contributed by atoms with Gasteiger partial charge in [0.2, 0.25) is 0 Å². The molecule has 0 fully saturated rings. The van der Waals surface area contributed by atoms with Gasteiger partial charge >= 0.3 is 0 Å². The van der Waals surface area contributed by atoms with E-state index in [0.717, 1.165) is 17.7 Å². The van der Waals surface area contributed by atoms with Crippen molar-refractivity contribution in [1.82, 2.24) is 9.97 Å². The second-order valence-electron chi connectivity index (χ2n) is 4.82. The minimum Gasteiger partial charge on any atom is -0.261 e. The van der Waals surface area contributed by atoms with Gasteiger partial charge in [-0.1, -0.05) is 25.5 Å². The Morgan fingerprint density at radius 1 is 1.25 bits per heavy atom. The molecule has 0 amide bonds. The number of benzene rings is 1. The largest absolute Gasteiger partial charge is 0.261 e. The van der Waals surface area contributed by atoms with Crippen LogP contribution in [-0.2, 0) is 11.8 Å². The Kier molecular flexibility index (Phi) is 4.41. The smallest absolute Gasteiger partial charge is 0.123 e. The fourth-order valence-electron chi connectivity index (χ4n) is 2.42. The number of halogens is 1. The van der Waals surface area contributed by atoms with Gasteiger partial charge in [0, 0.05) is 25.0 Å². The van der Waals surface area contributed by atoms with Gasteiger partial charge in [-0.3, -0.25) is 9.97 Å². The number of rotatable bonds is 5. The van der Waals surface area contributed by atoms with Crippen molar-refractivity contribution in [3.63, 3.8) is 0 Å². The third kappa shape index (κ3) is 3.00. The number of hydrogen-bond donors (Lipinski definition) is 0. The molecule has 3 nitrogen and oxygen atoms in total. The lowest BCUT2D eigenvalue weighted by molar-refractivity contribution is 0.485. The van der Waals surface area contributed by atoms with Crippen LogP contribution in [0.1, 0.15) is 31.0 Å². The van der Waals surface area contributed by atoms with E-state index in [0.29, 0.717) is 12.8 Å². The van der Waals surface area contributed by atoms with Crippen LogP contribution >= 0.6 is 0 Å². The van der Waals surface area contributed by atoms with E-state index in [4.69, 9.17) is 0 Å². The van der Waals surface area contributed by atoms with Crippen LogP contribution in [0.25, 0.3) is 0 Å². The Hall–Kier alpha value is -2.28. The highest BCUT2D eigenvalue weighted by Gasteiger charge is 2.32. The Bertz CT molecular complexity index is 589. The summed E-state index contributed by atoms with van der Waals surface area (Å²) in [5, 5.41) is 9.70. The first-order valence-electron chi connectivity index (χ1n) is 6.62. The lowest BCUT2D eigenvalue weighted by atomic mass is 9.74. The van der Waals surface area contributed by atoms with Gasteiger partial charge in [-0.15, -0.1) is 0 Å². The van der Waals surface area contributed by atoms with Crippen molar-refractivity contribution in [2.45, 2.75) is 31.6 Å². The van der Waals surface area contributed by atoms with E-state index < -0.39 is 5.41 Å². The molecule has 0 aliphatic carbocycles. The molecule has 102 valence electrons. The summed E-state index contributed by atoms with van der Waals surface area (Å²) in [6, 6.07) is 8.57. The van der Waals surface area contributed by atoms with Crippen LogP contribution in [0, 0.1) is 17.1 Å². The number of nitrogens with zero attached hydrogens (tertiary/aromatic N) is 3. The zero-order valence-electron chi connectivity index (χ0n) is 11.4. The van der Waals surface area contributed by atoms with Crippen LogP contribution in [0.5, 0.6) is 0 Å². The van der Waals surface area contributed by atoms with Gasteiger partial charge in [0.05, 0.1) is 17.2 Å². The Labute approximate surface area is 118 Å². The van der Waals surface area contributed by atoms with Crippen LogP contribution < -0.4 is 0 Å². The minimum atomic E-state index is -0.682. The molecule has 2 aromatic rings. The van der Waals surface area contributed by atoms with Gasteiger partial charge in [0.15, 0.2) is 0 Å². The summed E-state index contributed by atoms with van der Waals surface area (Å²) in [5.41, 5.74) is 0.916. The fraction of sp³-hybridized carbons (Fsp3) is 0.312. The average Bonchev–Trinajstić information content (AvgIpc) is 2.48. The third-order valence-electron chi connectivity index (χ3n) is 3.39.